The third kappa shape index (κ3) is 4.15. The van der Waals surface area contributed by atoms with E-state index in [1.54, 1.807) is 38.4 Å². The van der Waals surface area contributed by atoms with Crippen molar-refractivity contribution >= 4 is 17.7 Å². The maximum absolute atomic E-state index is 12.0. The van der Waals surface area contributed by atoms with Crippen LogP contribution in [0.25, 0.3) is 0 Å². The van der Waals surface area contributed by atoms with Crippen molar-refractivity contribution in [2.24, 2.45) is 0 Å². The largest absolute Gasteiger partial charge is 0.497 e. The van der Waals surface area contributed by atoms with Crippen LogP contribution in [0.3, 0.4) is 0 Å². The fourth-order valence-electron chi connectivity index (χ4n) is 1.72. The maximum Gasteiger partial charge on any atom is 0.326 e. The number of carbonyl (C=O) groups excluding carboxylic acids is 1. The van der Waals surface area contributed by atoms with Gasteiger partial charge in [-0.1, -0.05) is 13.3 Å². The molecule has 0 fully saturated rings. The Balaban J connectivity index is 2.71. The van der Waals surface area contributed by atoms with E-state index in [4.69, 9.17) is 9.84 Å². The number of carbonyl (C=O) groups is 2. The molecule has 0 aliphatic heterocycles. The zero-order valence-corrected chi connectivity index (χ0v) is 11.9. The van der Waals surface area contributed by atoms with Gasteiger partial charge in [0.25, 0.3) is 0 Å². The zero-order chi connectivity index (χ0) is 15.1. The van der Waals surface area contributed by atoms with Gasteiger partial charge < -0.3 is 15.2 Å². The molecule has 0 radical (unpaired) electrons. The molecule has 1 aromatic rings. The van der Waals surface area contributed by atoms with E-state index in [0.717, 1.165) is 0 Å². The van der Waals surface area contributed by atoms with E-state index in [2.05, 4.69) is 5.32 Å². The second-order valence-electron chi connectivity index (χ2n) is 4.39. The number of ether oxygens (including phenoxy) is 1. The van der Waals surface area contributed by atoms with Gasteiger partial charge in [0, 0.05) is 12.7 Å². The second-order valence-corrected chi connectivity index (χ2v) is 4.39. The quantitative estimate of drug-likeness (QED) is 0.836. The molecular weight excluding hydrogens is 260 g/mol. The Morgan fingerprint density at radius 2 is 1.95 bits per heavy atom. The van der Waals surface area contributed by atoms with Gasteiger partial charge in [0.15, 0.2) is 0 Å². The monoisotopic (exact) mass is 280 g/mol. The normalized spacial score (nSPS) is 11.6. The standard InChI is InChI=1S/C14H20N2O4/c1-4-5-12(13(17)18)15-14(19)16(2)10-6-8-11(20-3)9-7-10/h6-9,12H,4-5H2,1-3H3,(H,15,19)(H,17,18)/t12-/m1/s1. The molecule has 0 bridgehead atoms. The number of methoxy groups -OCH3 is 1. The SMILES string of the molecule is CCC[C@@H](NC(=O)N(C)c1ccc(OC)cc1)C(=O)O. The van der Waals surface area contributed by atoms with E-state index in [-0.39, 0.29) is 0 Å². The molecule has 6 nitrogen and oxygen atoms in total. The molecule has 1 aromatic carbocycles. The first kappa shape index (κ1) is 15.8. The molecule has 2 N–H and O–H groups in total. The summed E-state index contributed by atoms with van der Waals surface area (Å²) in [4.78, 5) is 24.4. The molecule has 6 heteroatoms. The third-order valence-corrected chi connectivity index (χ3v) is 2.94. The number of nitrogens with zero attached hydrogens (tertiary/aromatic N) is 1. The van der Waals surface area contributed by atoms with Gasteiger partial charge in [0.1, 0.15) is 11.8 Å². The minimum Gasteiger partial charge on any atom is -0.497 e. The van der Waals surface area contributed by atoms with Crippen molar-refractivity contribution in [2.75, 3.05) is 19.1 Å². The Morgan fingerprint density at radius 1 is 1.35 bits per heavy atom. The van der Waals surface area contributed by atoms with E-state index in [1.165, 1.54) is 4.90 Å². The van der Waals surface area contributed by atoms with Crippen molar-refractivity contribution in [3.05, 3.63) is 24.3 Å². The summed E-state index contributed by atoms with van der Waals surface area (Å²) in [6.45, 7) is 1.87. The minimum absolute atomic E-state index is 0.400. The average molecular weight is 280 g/mol. The van der Waals surface area contributed by atoms with E-state index < -0.39 is 18.0 Å². The lowest BCUT2D eigenvalue weighted by Crippen LogP contribution is -2.46. The predicted octanol–water partition coefficient (Wildman–Crippen LogP) is 2.09. The van der Waals surface area contributed by atoms with Gasteiger partial charge in [-0.2, -0.15) is 0 Å². The Labute approximate surface area is 118 Å². The number of rotatable bonds is 6. The van der Waals surface area contributed by atoms with Crippen LogP contribution in [0.4, 0.5) is 10.5 Å². The Morgan fingerprint density at radius 3 is 2.40 bits per heavy atom. The van der Waals surface area contributed by atoms with Gasteiger partial charge in [0.2, 0.25) is 0 Å². The fourth-order valence-corrected chi connectivity index (χ4v) is 1.72. The van der Waals surface area contributed by atoms with Crippen LogP contribution in [0.5, 0.6) is 5.75 Å². The second kappa shape index (κ2) is 7.37. The van der Waals surface area contributed by atoms with Crippen molar-refractivity contribution in [3.8, 4) is 5.75 Å². The first-order chi connectivity index (χ1) is 9.49. The molecule has 2 amide bonds. The summed E-state index contributed by atoms with van der Waals surface area (Å²) < 4.78 is 5.04. The lowest BCUT2D eigenvalue weighted by Gasteiger charge is -2.21. The summed E-state index contributed by atoms with van der Waals surface area (Å²) in [6, 6.07) is 5.62. The predicted molar refractivity (Wildman–Crippen MR) is 76.3 cm³/mol. The number of anilines is 1. The van der Waals surface area contributed by atoms with Crippen LogP contribution in [0.1, 0.15) is 19.8 Å². The zero-order valence-electron chi connectivity index (χ0n) is 11.9. The first-order valence-corrected chi connectivity index (χ1v) is 6.40. The number of benzene rings is 1. The van der Waals surface area contributed by atoms with Gasteiger partial charge in [-0.15, -0.1) is 0 Å². The first-order valence-electron chi connectivity index (χ1n) is 6.40. The molecular formula is C14H20N2O4. The number of hydrogen-bond donors (Lipinski definition) is 2. The molecule has 0 saturated heterocycles. The molecule has 0 aromatic heterocycles. The van der Waals surface area contributed by atoms with E-state index in [1.807, 2.05) is 6.92 Å². The van der Waals surface area contributed by atoms with Gasteiger partial charge in [0.05, 0.1) is 7.11 Å². The van der Waals surface area contributed by atoms with Crippen LogP contribution in [0, 0.1) is 0 Å². The summed E-state index contributed by atoms with van der Waals surface area (Å²) in [5.41, 5.74) is 0.656. The van der Waals surface area contributed by atoms with E-state index >= 15 is 0 Å². The highest BCUT2D eigenvalue weighted by Crippen LogP contribution is 2.18. The molecule has 1 atom stereocenters. The van der Waals surface area contributed by atoms with Crippen LogP contribution >= 0.6 is 0 Å². The molecule has 0 spiro atoms. The fraction of sp³-hybridized carbons (Fsp3) is 0.429. The van der Waals surface area contributed by atoms with Crippen molar-refractivity contribution in [2.45, 2.75) is 25.8 Å². The number of nitrogens with one attached hydrogen (secondary N) is 1. The van der Waals surface area contributed by atoms with Gasteiger partial charge >= 0.3 is 12.0 Å². The summed E-state index contributed by atoms with van der Waals surface area (Å²) in [6.07, 6.45) is 1.08. The van der Waals surface area contributed by atoms with Crippen molar-refractivity contribution < 1.29 is 19.4 Å². The highest BCUT2D eigenvalue weighted by Gasteiger charge is 2.21. The van der Waals surface area contributed by atoms with Gasteiger partial charge in [-0.25, -0.2) is 9.59 Å². The number of urea groups is 1. The minimum atomic E-state index is -1.02. The molecule has 110 valence electrons. The summed E-state index contributed by atoms with van der Waals surface area (Å²) in [5.74, 6) is -0.333. The third-order valence-electron chi connectivity index (χ3n) is 2.94. The molecule has 1 rings (SSSR count). The summed E-state index contributed by atoms with van der Waals surface area (Å²) >= 11 is 0. The van der Waals surface area contributed by atoms with Crippen molar-refractivity contribution in [1.82, 2.24) is 5.32 Å². The molecule has 0 aliphatic rings. The Hall–Kier alpha value is -2.24. The topological polar surface area (TPSA) is 78.9 Å². The molecule has 0 unspecified atom stereocenters. The number of aliphatic carboxylic acids is 1. The van der Waals surface area contributed by atoms with E-state index in [0.29, 0.717) is 24.3 Å². The van der Waals surface area contributed by atoms with Crippen LogP contribution in [-0.2, 0) is 4.79 Å². The van der Waals surface area contributed by atoms with Gasteiger partial charge in [-0.05, 0) is 30.7 Å². The molecule has 20 heavy (non-hydrogen) atoms. The van der Waals surface area contributed by atoms with Crippen LogP contribution < -0.4 is 15.0 Å². The highest BCUT2D eigenvalue weighted by atomic mass is 16.5. The molecule has 0 aliphatic carbocycles. The Kier molecular flexibility index (Phi) is 5.83. The number of hydrogen-bond acceptors (Lipinski definition) is 3. The van der Waals surface area contributed by atoms with Crippen LogP contribution in [-0.4, -0.2) is 37.3 Å². The smallest absolute Gasteiger partial charge is 0.326 e. The number of carboxylic acid groups (broad SMARTS) is 1. The lowest BCUT2D eigenvalue weighted by atomic mass is 10.2. The number of carboxylic acids is 1. The highest BCUT2D eigenvalue weighted by molar-refractivity contribution is 5.94. The molecule has 0 heterocycles. The van der Waals surface area contributed by atoms with Gasteiger partial charge in [-0.3, -0.25) is 4.90 Å². The van der Waals surface area contributed by atoms with Crippen molar-refractivity contribution in [1.29, 1.82) is 0 Å². The number of amides is 2. The van der Waals surface area contributed by atoms with E-state index in [9.17, 15) is 9.59 Å². The molecule has 0 saturated carbocycles. The Bertz CT molecular complexity index is 459. The van der Waals surface area contributed by atoms with Crippen LogP contribution in [0.2, 0.25) is 0 Å². The average Bonchev–Trinajstić information content (AvgIpc) is 2.45. The van der Waals surface area contributed by atoms with Crippen molar-refractivity contribution in [3.63, 3.8) is 0 Å². The van der Waals surface area contributed by atoms with Crippen LogP contribution in [0.15, 0.2) is 24.3 Å². The summed E-state index contributed by atoms with van der Waals surface area (Å²) in [7, 11) is 3.15. The maximum atomic E-state index is 12.0. The lowest BCUT2D eigenvalue weighted by molar-refractivity contribution is -0.139. The summed E-state index contributed by atoms with van der Waals surface area (Å²) in [5, 5.41) is 11.5.